The van der Waals surface area contributed by atoms with E-state index in [0.717, 1.165) is 16.7 Å². The summed E-state index contributed by atoms with van der Waals surface area (Å²) in [6, 6.07) is 24.7. The lowest BCUT2D eigenvalue weighted by molar-refractivity contribution is -0.136. The van der Waals surface area contributed by atoms with E-state index in [0.29, 0.717) is 38.9 Å². The van der Waals surface area contributed by atoms with Crippen LogP contribution in [0.3, 0.4) is 0 Å². The molecular formula is C38H50N6O7. The van der Waals surface area contributed by atoms with Crippen LogP contribution < -0.4 is 26.6 Å². The number of ether oxygens (including phenoxy) is 2. The molecule has 0 aromatic heterocycles. The van der Waals surface area contributed by atoms with E-state index in [9.17, 15) is 24.0 Å². The highest BCUT2D eigenvalue weighted by Crippen LogP contribution is 2.09. The summed E-state index contributed by atoms with van der Waals surface area (Å²) in [7, 11) is 3.45. The second-order valence-corrected chi connectivity index (χ2v) is 12.1. The Balaban J connectivity index is 1.60. The highest BCUT2D eigenvalue weighted by molar-refractivity contribution is 5.93. The maximum Gasteiger partial charge on any atom is 0.408 e. The number of amides is 5. The van der Waals surface area contributed by atoms with Gasteiger partial charge in [-0.15, -0.1) is 0 Å². The first-order chi connectivity index (χ1) is 24.7. The largest absolute Gasteiger partial charge is 0.445 e. The molecule has 274 valence electrons. The number of hydrogen-bond donors (Lipinski definition) is 5. The number of hydrogen-bond acceptors (Lipinski definition) is 8. The zero-order valence-corrected chi connectivity index (χ0v) is 29.6. The number of alkyl carbamates (subject to hydrolysis) is 2. The first-order valence-electron chi connectivity index (χ1n) is 17.1. The van der Waals surface area contributed by atoms with Crippen LogP contribution in [0.15, 0.2) is 91.0 Å². The van der Waals surface area contributed by atoms with Gasteiger partial charge in [-0.3, -0.25) is 14.4 Å². The van der Waals surface area contributed by atoms with E-state index in [2.05, 4.69) is 26.6 Å². The Morgan fingerprint density at radius 1 is 0.647 bits per heavy atom. The third kappa shape index (κ3) is 15.3. The van der Waals surface area contributed by atoms with Gasteiger partial charge in [0.15, 0.2) is 0 Å². The molecular weight excluding hydrogens is 652 g/mol. The molecule has 0 aliphatic carbocycles. The number of nitrogens with zero attached hydrogens (tertiary/aromatic N) is 1. The molecule has 3 aromatic rings. The molecule has 0 bridgehead atoms. The van der Waals surface area contributed by atoms with Gasteiger partial charge in [-0.25, -0.2) is 9.59 Å². The zero-order chi connectivity index (χ0) is 36.8. The minimum atomic E-state index is -1.05. The molecule has 51 heavy (non-hydrogen) atoms. The highest BCUT2D eigenvalue weighted by Gasteiger charge is 2.30. The first-order valence-corrected chi connectivity index (χ1v) is 17.1. The van der Waals surface area contributed by atoms with Gasteiger partial charge in [-0.2, -0.15) is 0 Å². The summed E-state index contributed by atoms with van der Waals surface area (Å²) in [5.74, 6) is -1.43. The van der Waals surface area contributed by atoms with Crippen molar-refractivity contribution in [1.29, 1.82) is 0 Å². The Hall–Kier alpha value is -5.43. The third-order valence-electron chi connectivity index (χ3n) is 7.95. The molecule has 0 fully saturated rings. The molecule has 3 rings (SSSR count). The maximum absolute atomic E-state index is 13.8. The van der Waals surface area contributed by atoms with Crippen molar-refractivity contribution >= 4 is 29.9 Å². The van der Waals surface area contributed by atoms with E-state index in [1.807, 2.05) is 91.0 Å². The van der Waals surface area contributed by atoms with E-state index >= 15 is 0 Å². The molecule has 0 heterocycles. The standard InChI is InChI=1S/C38H50N6O7/c1-28(41-38(49)51-27-31-19-11-6-12-20-31)34(45)43-33(25-29-15-7-4-8-16-29)35(46)42-32(36(47)44(3)24-23-39-2)21-13-14-22-40-37(48)50-26-30-17-9-5-10-18-30/h4-12,15-20,28,32-33,39H,13-14,21-27H2,1-3H3,(H,40,48)(H,41,49)(H,42,46)(H,43,45)/t28-,32+,33+/m1/s1. The van der Waals surface area contributed by atoms with Crippen molar-refractivity contribution in [2.75, 3.05) is 33.7 Å². The molecule has 0 aliphatic rings. The van der Waals surface area contributed by atoms with Crippen LogP contribution in [0.5, 0.6) is 0 Å². The third-order valence-corrected chi connectivity index (χ3v) is 7.95. The van der Waals surface area contributed by atoms with Crippen LogP contribution >= 0.6 is 0 Å². The van der Waals surface area contributed by atoms with Crippen molar-refractivity contribution in [2.24, 2.45) is 0 Å². The maximum atomic E-state index is 13.8. The number of likely N-dealkylation sites (N-methyl/N-ethyl adjacent to an activating group) is 2. The Morgan fingerprint density at radius 2 is 1.18 bits per heavy atom. The monoisotopic (exact) mass is 702 g/mol. The molecule has 13 nitrogen and oxygen atoms in total. The summed E-state index contributed by atoms with van der Waals surface area (Å²) in [4.78, 5) is 66.7. The van der Waals surface area contributed by atoms with Crippen LogP contribution in [0.2, 0.25) is 0 Å². The Kier molecular flexibility index (Phi) is 17.5. The second kappa shape index (κ2) is 22.3. The van der Waals surface area contributed by atoms with Crippen LogP contribution in [0.1, 0.15) is 42.9 Å². The molecule has 0 unspecified atom stereocenters. The molecule has 3 aromatic carbocycles. The summed E-state index contributed by atoms with van der Waals surface area (Å²) in [5, 5.41) is 13.8. The molecule has 0 saturated carbocycles. The normalized spacial score (nSPS) is 12.4. The van der Waals surface area contributed by atoms with Gasteiger partial charge in [-0.1, -0.05) is 91.0 Å². The van der Waals surface area contributed by atoms with Crippen LogP contribution in [0, 0.1) is 0 Å². The summed E-state index contributed by atoms with van der Waals surface area (Å²) < 4.78 is 10.5. The van der Waals surface area contributed by atoms with Crippen molar-refractivity contribution < 1.29 is 33.4 Å². The fraction of sp³-hybridized carbons (Fsp3) is 0.395. The predicted octanol–water partition coefficient (Wildman–Crippen LogP) is 3.29. The van der Waals surface area contributed by atoms with Crippen molar-refractivity contribution in [3.8, 4) is 0 Å². The van der Waals surface area contributed by atoms with Gasteiger partial charge in [0, 0.05) is 33.1 Å². The molecule has 0 saturated heterocycles. The van der Waals surface area contributed by atoms with E-state index in [1.165, 1.54) is 6.92 Å². The van der Waals surface area contributed by atoms with Gasteiger partial charge in [0.1, 0.15) is 31.3 Å². The van der Waals surface area contributed by atoms with Crippen molar-refractivity contribution in [2.45, 2.75) is 63.9 Å². The van der Waals surface area contributed by atoms with Crippen LogP contribution in [-0.2, 0) is 43.5 Å². The Bertz CT molecular complexity index is 1510. The van der Waals surface area contributed by atoms with Gasteiger partial charge in [0.2, 0.25) is 17.7 Å². The zero-order valence-electron chi connectivity index (χ0n) is 29.6. The van der Waals surface area contributed by atoms with Gasteiger partial charge >= 0.3 is 12.2 Å². The minimum Gasteiger partial charge on any atom is -0.445 e. The van der Waals surface area contributed by atoms with Crippen LogP contribution in [-0.4, -0.2) is 86.7 Å². The molecule has 0 aliphatic heterocycles. The summed E-state index contributed by atoms with van der Waals surface area (Å²) in [6.07, 6.45) is 0.173. The van der Waals surface area contributed by atoms with Crippen molar-refractivity contribution in [1.82, 2.24) is 31.5 Å². The fourth-order valence-corrected chi connectivity index (χ4v) is 4.99. The molecule has 0 radical (unpaired) electrons. The van der Waals surface area contributed by atoms with Crippen LogP contribution in [0.25, 0.3) is 0 Å². The van der Waals surface area contributed by atoms with E-state index in [1.54, 1.807) is 19.0 Å². The number of rotatable bonds is 20. The molecule has 5 amide bonds. The van der Waals surface area contributed by atoms with E-state index < -0.39 is 42.1 Å². The summed E-state index contributed by atoms with van der Waals surface area (Å²) >= 11 is 0. The Morgan fingerprint density at radius 3 is 1.75 bits per heavy atom. The van der Waals surface area contributed by atoms with E-state index in [-0.39, 0.29) is 25.5 Å². The van der Waals surface area contributed by atoms with Crippen molar-refractivity contribution in [3.05, 3.63) is 108 Å². The SMILES string of the molecule is CNCCN(C)C(=O)[C@H](CCCCNC(=O)OCc1ccccc1)NC(=O)[C@H](Cc1ccccc1)NC(=O)[C@@H](C)NC(=O)OCc1ccccc1. The average molecular weight is 703 g/mol. The lowest BCUT2D eigenvalue weighted by Gasteiger charge is -2.27. The lowest BCUT2D eigenvalue weighted by Crippen LogP contribution is -2.57. The predicted molar refractivity (Wildman–Crippen MR) is 193 cm³/mol. The van der Waals surface area contributed by atoms with E-state index in [4.69, 9.17) is 9.47 Å². The smallest absolute Gasteiger partial charge is 0.408 e. The van der Waals surface area contributed by atoms with Gasteiger partial charge in [0.25, 0.3) is 0 Å². The minimum absolute atomic E-state index is 0.0344. The quantitative estimate of drug-likeness (QED) is 0.112. The number of carbonyl (C=O) groups excluding carboxylic acids is 5. The van der Waals surface area contributed by atoms with Crippen molar-refractivity contribution in [3.63, 3.8) is 0 Å². The summed E-state index contributed by atoms with van der Waals surface area (Å²) in [5.41, 5.74) is 2.46. The number of benzene rings is 3. The summed E-state index contributed by atoms with van der Waals surface area (Å²) in [6.45, 7) is 2.98. The Labute approximate surface area is 299 Å². The molecule has 0 spiro atoms. The van der Waals surface area contributed by atoms with Crippen LogP contribution in [0.4, 0.5) is 9.59 Å². The number of nitrogens with one attached hydrogen (secondary N) is 5. The number of unbranched alkanes of at least 4 members (excludes halogenated alkanes) is 1. The number of carbonyl (C=O) groups is 5. The lowest BCUT2D eigenvalue weighted by atomic mass is 10.0. The van der Waals surface area contributed by atoms with Gasteiger partial charge < -0.3 is 41.0 Å². The first kappa shape index (κ1) is 40.0. The highest BCUT2D eigenvalue weighted by atomic mass is 16.6. The van der Waals surface area contributed by atoms with Gasteiger partial charge in [-0.05, 0) is 49.9 Å². The molecule has 13 heteroatoms. The topological polar surface area (TPSA) is 167 Å². The second-order valence-electron chi connectivity index (χ2n) is 12.1. The van der Waals surface area contributed by atoms with Gasteiger partial charge in [0.05, 0.1) is 0 Å². The molecule has 5 N–H and O–H groups in total. The fourth-order valence-electron chi connectivity index (χ4n) is 4.99. The average Bonchev–Trinajstić information content (AvgIpc) is 3.15. The molecule has 3 atom stereocenters.